The first-order valence-electron chi connectivity index (χ1n) is 11.2. The van der Waals surface area contributed by atoms with Crippen LogP contribution in [-0.2, 0) is 0 Å². The monoisotopic (exact) mass is 417 g/mol. The van der Waals surface area contributed by atoms with E-state index in [2.05, 4.69) is 63.6 Å². The van der Waals surface area contributed by atoms with Crippen molar-refractivity contribution in [3.05, 3.63) is 0 Å². The summed E-state index contributed by atoms with van der Waals surface area (Å²) in [4.78, 5) is 14.1. The van der Waals surface area contributed by atoms with E-state index in [0.717, 1.165) is 23.4 Å². The van der Waals surface area contributed by atoms with Crippen LogP contribution in [0.2, 0.25) is 0 Å². The summed E-state index contributed by atoms with van der Waals surface area (Å²) in [5.74, 6) is 2.20. The molecule has 168 valence electrons. The lowest BCUT2D eigenvalue weighted by atomic mass is 10.1. The van der Waals surface area contributed by atoms with Gasteiger partial charge in [0, 0.05) is 34.7 Å². The van der Waals surface area contributed by atoms with Crippen LogP contribution in [0.3, 0.4) is 0 Å². The van der Waals surface area contributed by atoms with Gasteiger partial charge in [0.25, 0.3) is 0 Å². The molecule has 0 aromatic carbocycles. The summed E-state index contributed by atoms with van der Waals surface area (Å²) in [7, 11) is 8.18. The van der Waals surface area contributed by atoms with Crippen molar-refractivity contribution in [3.63, 3.8) is 0 Å². The summed E-state index contributed by atoms with van der Waals surface area (Å²) in [5, 5.41) is 0. The fourth-order valence-corrected chi connectivity index (χ4v) is 3.67. The number of nitrogens with zero attached hydrogens (tertiary/aromatic N) is 5. The average Bonchev–Trinajstić information content (AvgIpc) is 2.65. The molecule has 0 bridgehead atoms. The normalized spacial score (nSPS) is 12.7. The van der Waals surface area contributed by atoms with E-state index in [1.807, 2.05) is 7.05 Å². The molecule has 0 saturated carbocycles. The second-order valence-corrected chi connectivity index (χ2v) is 7.89. The molecule has 0 radical (unpaired) electrons. The van der Waals surface area contributed by atoms with E-state index in [-0.39, 0.29) is 12.4 Å². The maximum absolute atomic E-state index is 5.20. The topological polar surface area (TPSA) is 31.2 Å². The minimum atomic E-state index is 0. The molecule has 0 spiro atoms. The van der Waals surface area contributed by atoms with Gasteiger partial charge in [-0.3, -0.25) is 14.4 Å². The number of quaternary nitrogens is 1. The summed E-state index contributed by atoms with van der Waals surface area (Å²) < 4.78 is 1.00. The maximum atomic E-state index is 5.20. The minimum Gasteiger partial charge on any atom is -1.00 e. The van der Waals surface area contributed by atoms with Crippen LogP contribution in [-0.4, -0.2) is 80.6 Å². The lowest BCUT2D eigenvalue weighted by Crippen LogP contribution is -3.00. The molecule has 28 heavy (non-hydrogen) atoms. The van der Waals surface area contributed by atoms with Gasteiger partial charge in [-0.2, -0.15) is 0 Å². The van der Waals surface area contributed by atoms with Gasteiger partial charge in [0.05, 0.1) is 19.6 Å². The third kappa shape index (κ3) is 9.60. The first-order valence-corrected chi connectivity index (χ1v) is 11.2. The van der Waals surface area contributed by atoms with E-state index in [4.69, 9.17) is 4.99 Å². The molecule has 5 nitrogen and oxygen atoms in total. The number of aliphatic imine (C=N–C) groups is 2. The molecule has 0 aromatic rings. The van der Waals surface area contributed by atoms with Crippen molar-refractivity contribution < 1.29 is 16.9 Å². The molecule has 0 atom stereocenters. The van der Waals surface area contributed by atoms with E-state index >= 15 is 0 Å². The lowest BCUT2D eigenvalue weighted by Gasteiger charge is -2.42. The van der Waals surface area contributed by atoms with Gasteiger partial charge in [0.1, 0.15) is 0 Å². The number of rotatable bonds is 12. The third-order valence-electron chi connectivity index (χ3n) is 5.21. The molecule has 6 heteroatoms. The highest BCUT2D eigenvalue weighted by molar-refractivity contribution is 5.95. The van der Waals surface area contributed by atoms with E-state index in [9.17, 15) is 0 Å². The molecule has 0 heterocycles. The number of guanidine groups is 2. The van der Waals surface area contributed by atoms with Gasteiger partial charge in [-0.25, -0.2) is 4.99 Å². The van der Waals surface area contributed by atoms with Crippen molar-refractivity contribution in [2.45, 2.75) is 79.1 Å². The number of halogens is 1. The van der Waals surface area contributed by atoms with E-state index in [0.29, 0.717) is 0 Å². The quantitative estimate of drug-likeness (QED) is 0.210. The number of hydrogen-bond donors (Lipinski definition) is 0. The highest BCUT2D eigenvalue weighted by Gasteiger charge is 2.37. The zero-order valence-electron chi connectivity index (χ0n) is 20.1. The molecule has 0 fully saturated rings. The molecule has 0 amide bonds. The van der Waals surface area contributed by atoms with Gasteiger partial charge in [0.2, 0.25) is 5.96 Å². The Kier molecular flexibility index (Phi) is 17.9. The molecular formula is C22H48ClN5. The van der Waals surface area contributed by atoms with Crippen molar-refractivity contribution in [2.24, 2.45) is 9.98 Å². The fraction of sp³-hybridized carbons (Fsp3) is 0.909. The van der Waals surface area contributed by atoms with Gasteiger partial charge in [-0.15, -0.1) is 0 Å². The molecule has 0 aliphatic rings. The average molecular weight is 418 g/mol. The Hall–Kier alpha value is -0.810. The van der Waals surface area contributed by atoms with Crippen LogP contribution in [0.15, 0.2) is 9.98 Å². The maximum Gasteiger partial charge on any atom is 0.306 e. The van der Waals surface area contributed by atoms with Crippen molar-refractivity contribution in [1.82, 2.24) is 9.80 Å². The highest BCUT2D eigenvalue weighted by Crippen LogP contribution is 2.19. The van der Waals surface area contributed by atoms with Crippen molar-refractivity contribution in [3.8, 4) is 0 Å². The Morgan fingerprint density at radius 1 is 0.750 bits per heavy atom. The van der Waals surface area contributed by atoms with Crippen LogP contribution in [0.5, 0.6) is 0 Å². The zero-order chi connectivity index (χ0) is 20.7. The summed E-state index contributed by atoms with van der Waals surface area (Å²) in [5.41, 5.74) is 0. The first kappa shape index (κ1) is 29.4. The van der Waals surface area contributed by atoms with Crippen LogP contribution in [0.4, 0.5) is 0 Å². The second kappa shape index (κ2) is 17.1. The Morgan fingerprint density at radius 3 is 1.50 bits per heavy atom. The summed E-state index contributed by atoms with van der Waals surface area (Å²) in [6.45, 7) is 13.6. The molecule has 0 unspecified atom stereocenters. The summed E-state index contributed by atoms with van der Waals surface area (Å²) in [6, 6.07) is 0. The third-order valence-corrected chi connectivity index (χ3v) is 5.21. The largest absolute Gasteiger partial charge is 1.00 e. The smallest absolute Gasteiger partial charge is 0.306 e. The Morgan fingerprint density at radius 2 is 1.18 bits per heavy atom. The van der Waals surface area contributed by atoms with E-state index < -0.39 is 0 Å². The fourth-order valence-electron chi connectivity index (χ4n) is 3.67. The first-order chi connectivity index (χ1) is 12.9. The number of hydrogen-bond acceptors (Lipinski definition) is 2. The molecule has 0 N–H and O–H groups in total. The standard InChI is InChI=1S/C22H48N5.ClH/c1-9-13-17-24-22(26(8)21(23-5)25(6)7)27(18-14-10-2,19-15-11-3)20-16-12-4;/h9-20H2,1-8H3;1H/q+1;/p-1. The van der Waals surface area contributed by atoms with Gasteiger partial charge < -0.3 is 17.3 Å². The molecule has 0 rings (SSSR count). The van der Waals surface area contributed by atoms with Crippen molar-refractivity contribution in [2.75, 3.05) is 54.4 Å². The van der Waals surface area contributed by atoms with Crippen LogP contribution in [0.25, 0.3) is 0 Å². The molecule has 0 aliphatic heterocycles. The molecule has 0 saturated heterocycles. The van der Waals surface area contributed by atoms with E-state index in [1.54, 1.807) is 0 Å². The number of unbranched alkanes of at least 4 members (excludes halogenated alkanes) is 4. The summed E-state index contributed by atoms with van der Waals surface area (Å²) in [6.07, 6.45) is 9.75. The Labute approximate surface area is 182 Å². The summed E-state index contributed by atoms with van der Waals surface area (Å²) >= 11 is 0. The van der Waals surface area contributed by atoms with Crippen molar-refractivity contribution in [1.29, 1.82) is 0 Å². The molecule has 0 aliphatic carbocycles. The van der Waals surface area contributed by atoms with Crippen LogP contribution in [0, 0.1) is 0 Å². The molecule has 0 aromatic heterocycles. The van der Waals surface area contributed by atoms with Crippen LogP contribution in [0.1, 0.15) is 79.1 Å². The van der Waals surface area contributed by atoms with Gasteiger partial charge >= 0.3 is 5.96 Å². The molecular weight excluding hydrogens is 370 g/mol. The van der Waals surface area contributed by atoms with Gasteiger partial charge in [-0.05, 0) is 25.7 Å². The van der Waals surface area contributed by atoms with Gasteiger partial charge in [0.15, 0.2) is 0 Å². The SMILES string of the molecule is CCCCN=C(N(C)C(=NC)N(C)C)[N+](CCCC)(CCCC)CCCC.[Cl-]. The predicted molar refractivity (Wildman–Crippen MR) is 122 cm³/mol. The Bertz CT molecular complexity index is 413. The zero-order valence-corrected chi connectivity index (χ0v) is 20.9. The van der Waals surface area contributed by atoms with E-state index in [1.165, 1.54) is 70.5 Å². The minimum absolute atomic E-state index is 0. The van der Waals surface area contributed by atoms with Crippen LogP contribution < -0.4 is 12.4 Å². The van der Waals surface area contributed by atoms with Crippen LogP contribution >= 0.6 is 0 Å². The predicted octanol–water partition coefficient (Wildman–Crippen LogP) is 1.84. The Balaban J connectivity index is 0. The lowest BCUT2D eigenvalue weighted by molar-refractivity contribution is -0.847. The van der Waals surface area contributed by atoms with Crippen molar-refractivity contribution >= 4 is 11.9 Å². The highest BCUT2D eigenvalue weighted by atomic mass is 35.5. The van der Waals surface area contributed by atoms with Gasteiger partial charge in [-0.1, -0.05) is 53.4 Å². The second-order valence-electron chi connectivity index (χ2n) is 7.89.